The van der Waals surface area contributed by atoms with E-state index in [0.29, 0.717) is 42.2 Å². The highest BCUT2D eigenvalue weighted by atomic mass is 16.5. The van der Waals surface area contributed by atoms with Gasteiger partial charge >= 0.3 is 6.03 Å². The van der Waals surface area contributed by atoms with Gasteiger partial charge in [-0.1, -0.05) is 0 Å². The van der Waals surface area contributed by atoms with E-state index in [4.69, 9.17) is 4.74 Å². The van der Waals surface area contributed by atoms with Crippen molar-refractivity contribution in [3.63, 3.8) is 0 Å². The molecule has 2 saturated heterocycles. The fourth-order valence-electron chi connectivity index (χ4n) is 4.93. The van der Waals surface area contributed by atoms with E-state index in [2.05, 4.69) is 15.3 Å². The summed E-state index contributed by atoms with van der Waals surface area (Å²) in [4.78, 5) is 35.5. The number of amides is 3. The standard InChI is InChI=1S/C21H24N6O3/c1-24-21(29)27-6-4-15(11-18(27)23-24)25-7-8-30-17-10-14(12-22-19(17)25)20(28)26-5-2-3-13-9-16(13)26/h4,6,10-13,16,18,23H,2-3,5,7-9H2,1H3. The van der Waals surface area contributed by atoms with Gasteiger partial charge in [-0.2, -0.15) is 0 Å². The number of nitrogens with zero attached hydrogens (tertiary/aromatic N) is 5. The van der Waals surface area contributed by atoms with Gasteiger partial charge in [-0.3, -0.25) is 14.7 Å². The number of pyridine rings is 1. The molecule has 1 aromatic heterocycles. The number of piperidine rings is 1. The van der Waals surface area contributed by atoms with E-state index < -0.39 is 0 Å². The Labute approximate surface area is 174 Å². The number of urea groups is 1. The topological polar surface area (TPSA) is 81.2 Å². The Morgan fingerprint density at radius 3 is 3.13 bits per heavy atom. The number of anilines is 1. The zero-order valence-electron chi connectivity index (χ0n) is 16.8. The van der Waals surface area contributed by atoms with Crippen molar-refractivity contribution in [1.82, 2.24) is 25.2 Å². The Bertz CT molecular complexity index is 991. The van der Waals surface area contributed by atoms with E-state index >= 15 is 0 Å². The monoisotopic (exact) mass is 408 g/mol. The molecule has 0 radical (unpaired) electrons. The van der Waals surface area contributed by atoms with Crippen LogP contribution in [0.1, 0.15) is 29.6 Å². The molecule has 0 spiro atoms. The van der Waals surface area contributed by atoms with E-state index in [1.165, 1.54) is 11.4 Å². The van der Waals surface area contributed by atoms with E-state index in [0.717, 1.165) is 25.1 Å². The zero-order chi connectivity index (χ0) is 20.4. The van der Waals surface area contributed by atoms with Crippen LogP contribution < -0.4 is 15.1 Å². The summed E-state index contributed by atoms with van der Waals surface area (Å²) < 4.78 is 5.87. The predicted octanol–water partition coefficient (Wildman–Crippen LogP) is 1.51. The summed E-state index contributed by atoms with van der Waals surface area (Å²) in [5, 5.41) is 1.48. The second-order valence-corrected chi connectivity index (χ2v) is 8.48. The SMILES string of the molecule is CN1NC2C=C(N3CCOc4cc(C(=O)N5CCCC6CC65)cnc43)C=CN2C1=O. The number of hydrogen-bond acceptors (Lipinski definition) is 6. The minimum atomic E-state index is -0.222. The third-order valence-electron chi connectivity index (χ3n) is 6.61. The molecule has 3 unspecified atom stereocenters. The number of nitrogens with one attached hydrogen (secondary N) is 1. The van der Waals surface area contributed by atoms with Crippen LogP contribution in [-0.4, -0.2) is 70.7 Å². The van der Waals surface area contributed by atoms with Gasteiger partial charge in [0.05, 0.1) is 12.1 Å². The van der Waals surface area contributed by atoms with E-state index in [-0.39, 0.29) is 18.1 Å². The Balaban J connectivity index is 1.26. The Morgan fingerprint density at radius 2 is 2.23 bits per heavy atom. The smallest absolute Gasteiger partial charge is 0.339 e. The summed E-state index contributed by atoms with van der Waals surface area (Å²) in [6, 6.07) is 2.15. The molecule has 5 aliphatic rings. The molecule has 3 amide bonds. The predicted molar refractivity (Wildman–Crippen MR) is 108 cm³/mol. The van der Waals surface area contributed by atoms with Crippen LogP contribution in [0.2, 0.25) is 0 Å². The molecule has 1 aromatic rings. The van der Waals surface area contributed by atoms with Gasteiger partial charge in [0.1, 0.15) is 12.8 Å². The number of allylic oxidation sites excluding steroid dienone is 1. The average molecular weight is 408 g/mol. The van der Waals surface area contributed by atoms with Crippen LogP contribution in [0.5, 0.6) is 5.75 Å². The number of carbonyl (C=O) groups excluding carboxylic acids is 2. The second-order valence-electron chi connectivity index (χ2n) is 8.48. The first-order valence-electron chi connectivity index (χ1n) is 10.5. The first kappa shape index (κ1) is 17.8. The zero-order valence-corrected chi connectivity index (χ0v) is 16.8. The quantitative estimate of drug-likeness (QED) is 0.799. The summed E-state index contributed by atoms with van der Waals surface area (Å²) in [5.74, 6) is 2.07. The fraction of sp³-hybridized carbons (Fsp3) is 0.476. The van der Waals surface area contributed by atoms with Crippen molar-refractivity contribution in [1.29, 1.82) is 0 Å². The molecule has 30 heavy (non-hydrogen) atoms. The number of likely N-dealkylation sites (tertiary alicyclic amines) is 1. The molecule has 9 heteroatoms. The van der Waals surface area contributed by atoms with E-state index in [9.17, 15) is 9.59 Å². The van der Waals surface area contributed by atoms with Crippen LogP contribution in [0.4, 0.5) is 10.6 Å². The fourth-order valence-corrected chi connectivity index (χ4v) is 4.93. The van der Waals surface area contributed by atoms with Crippen molar-refractivity contribution in [3.8, 4) is 5.75 Å². The number of carbonyl (C=O) groups is 2. The lowest BCUT2D eigenvalue weighted by Crippen LogP contribution is -2.39. The number of fused-ring (bicyclic) bond motifs is 3. The highest BCUT2D eigenvalue weighted by molar-refractivity contribution is 5.95. The number of hydrazine groups is 1. The van der Waals surface area contributed by atoms with Crippen LogP contribution in [0, 0.1) is 5.92 Å². The largest absolute Gasteiger partial charge is 0.488 e. The molecular formula is C21H24N6O3. The molecular weight excluding hydrogens is 384 g/mol. The van der Waals surface area contributed by atoms with Crippen LogP contribution >= 0.6 is 0 Å². The third kappa shape index (κ3) is 2.68. The Kier molecular flexibility index (Phi) is 3.83. The molecule has 3 atom stereocenters. The average Bonchev–Trinajstić information content (AvgIpc) is 3.51. The normalized spacial score (nSPS) is 29.2. The van der Waals surface area contributed by atoms with Gasteiger partial charge in [-0.15, -0.1) is 0 Å². The maximum absolute atomic E-state index is 13.0. The highest BCUT2D eigenvalue weighted by Crippen LogP contribution is 2.44. The summed E-state index contributed by atoms with van der Waals surface area (Å²) >= 11 is 0. The van der Waals surface area contributed by atoms with Crippen molar-refractivity contribution in [2.75, 3.05) is 31.6 Å². The van der Waals surface area contributed by atoms with Gasteiger partial charge in [-0.05, 0) is 43.4 Å². The molecule has 1 aliphatic carbocycles. The van der Waals surface area contributed by atoms with Crippen LogP contribution in [0.3, 0.4) is 0 Å². The van der Waals surface area contributed by atoms with Gasteiger partial charge in [0.25, 0.3) is 5.91 Å². The van der Waals surface area contributed by atoms with Gasteiger partial charge in [0.2, 0.25) is 0 Å². The molecule has 156 valence electrons. The van der Waals surface area contributed by atoms with Crippen LogP contribution in [0.15, 0.2) is 36.3 Å². The molecule has 9 nitrogen and oxygen atoms in total. The molecule has 3 fully saturated rings. The Morgan fingerprint density at radius 1 is 1.33 bits per heavy atom. The van der Waals surface area contributed by atoms with Gasteiger partial charge < -0.3 is 14.5 Å². The summed E-state index contributed by atoms with van der Waals surface area (Å²) in [6.07, 6.45) is 10.6. The minimum absolute atomic E-state index is 0.0577. The molecule has 1 N–H and O–H groups in total. The number of aromatic nitrogens is 1. The van der Waals surface area contributed by atoms with Crippen molar-refractivity contribution < 1.29 is 14.3 Å². The van der Waals surface area contributed by atoms with Crippen molar-refractivity contribution >= 4 is 17.8 Å². The molecule has 4 aliphatic heterocycles. The maximum atomic E-state index is 13.0. The molecule has 0 bridgehead atoms. The third-order valence-corrected chi connectivity index (χ3v) is 6.61. The number of rotatable bonds is 2. The lowest BCUT2D eigenvalue weighted by molar-refractivity contribution is 0.0705. The maximum Gasteiger partial charge on any atom is 0.339 e. The lowest BCUT2D eigenvalue weighted by Gasteiger charge is -2.33. The minimum Gasteiger partial charge on any atom is -0.488 e. The first-order valence-corrected chi connectivity index (χ1v) is 10.5. The molecule has 0 aromatic carbocycles. The van der Waals surface area contributed by atoms with Gasteiger partial charge in [-0.25, -0.2) is 15.2 Å². The van der Waals surface area contributed by atoms with Crippen LogP contribution in [0.25, 0.3) is 0 Å². The first-order chi connectivity index (χ1) is 14.6. The number of hydrogen-bond donors (Lipinski definition) is 1. The summed E-state index contributed by atoms with van der Waals surface area (Å²) in [5.41, 5.74) is 4.65. The van der Waals surface area contributed by atoms with Gasteiger partial charge in [0.15, 0.2) is 11.6 Å². The second kappa shape index (κ2) is 6.46. The summed E-state index contributed by atoms with van der Waals surface area (Å²) in [6.45, 7) is 1.99. The van der Waals surface area contributed by atoms with Crippen molar-refractivity contribution in [2.24, 2.45) is 5.92 Å². The van der Waals surface area contributed by atoms with Crippen molar-refractivity contribution in [3.05, 3.63) is 41.9 Å². The van der Waals surface area contributed by atoms with Crippen LogP contribution in [-0.2, 0) is 0 Å². The summed E-state index contributed by atoms with van der Waals surface area (Å²) in [7, 11) is 1.71. The number of ether oxygens (including phenoxy) is 1. The highest BCUT2D eigenvalue weighted by Gasteiger charge is 2.46. The molecule has 5 heterocycles. The molecule has 6 rings (SSSR count). The Hall–Kier alpha value is -3.07. The van der Waals surface area contributed by atoms with E-state index in [1.54, 1.807) is 24.3 Å². The van der Waals surface area contributed by atoms with Crippen molar-refractivity contribution in [2.45, 2.75) is 31.5 Å². The van der Waals surface area contributed by atoms with E-state index in [1.807, 2.05) is 23.1 Å². The van der Waals surface area contributed by atoms with Gasteiger partial charge in [0, 0.05) is 37.7 Å². The lowest BCUT2D eigenvalue weighted by atomic mass is 10.1. The molecule has 1 saturated carbocycles.